The van der Waals surface area contributed by atoms with Gasteiger partial charge in [0.2, 0.25) is 0 Å². The van der Waals surface area contributed by atoms with E-state index in [4.69, 9.17) is 4.74 Å². The molecular formula is C50H32N2O. The van der Waals surface area contributed by atoms with Crippen molar-refractivity contribution < 1.29 is 4.74 Å². The van der Waals surface area contributed by atoms with Gasteiger partial charge in [0.25, 0.3) is 0 Å². The summed E-state index contributed by atoms with van der Waals surface area (Å²) in [5, 5.41) is 7.73. The van der Waals surface area contributed by atoms with E-state index in [2.05, 4.69) is 191 Å². The summed E-state index contributed by atoms with van der Waals surface area (Å²) in [6.45, 7) is 0. The van der Waals surface area contributed by atoms with E-state index in [1.807, 2.05) is 0 Å². The Bertz CT molecular complexity index is 3120. The molecule has 3 nitrogen and oxygen atoms in total. The quantitative estimate of drug-likeness (QED) is 0.185. The highest BCUT2D eigenvalue weighted by Crippen LogP contribution is 2.50. The summed E-state index contributed by atoms with van der Waals surface area (Å²) in [5.41, 5.74) is 13.2. The maximum Gasteiger partial charge on any atom is 0.128 e. The molecule has 9 aromatic rings. The Hall–Kier alpha value is -6.84. The SMILES string of the molecule is C1=c2ccccc2=CC2c3cc(N(c4ccccc4)c4cccc(-n5c6cccc7c6c6c8c(cccc8ccc65)-c5ccccc5-7)c4)ccc3OC12. The normalized spacial score (nSPS) is 16.0. The van der Waals surface area contributed by atoms with Crippen LogP contribution in [0.2, 0.25) is 0 Å². The van der Waals surface area contributed by atoms with Gasteiger partial charge >= 0.3 is 0 Å². The Morgan fingerprint density at radius 3 is 1.96 bits per heavy atom. The fourth-order valence-electron chi connectivity index (χ4n) is 9.35. The van der Waals surface area contributed by atoms with Crippen molar-refractivity contribution in [2.45, 2.75) is 12.0 Å². The van der Waals surface area contributed by atoms with Gasteiger partial charge < -0.3 is 14.2 Å². The van der Waals surface area contributed by atoms with Gasteiger partial charge in [-0.15, -0.1) is 0 Å². The summed E-state index contributed by atoms with van der Waals surface area (Å²) in [6.07, 6.45) is 4.65. The smallest absolute Gasteiger partial charge is 0.128 e. The molecule has 248 valence electrons. The molecule has 8 aromatic carbocycles. The summed E-state index contributed by atoms with van der Waals surface area (Å²) in [6, 6.07) is 62.0. The first-order valence-electron chi connectivity index (χ1n) is 18.4. The molecule has 1 aromatic heterocycles. The zero-order valence-electron chi connectivity index (χ0n) is 28.8. The van der Waals surface area contributed by atoms with Crippen LogP contribution in [0.3, 0.4) is 0 Å². The van der Waals surface area contributed by atoms with Gasteiger partial charge in [0, 0.05) is 45.0 Å². The summed E-state index contributed by atoms with van der Waals surface area (Å²) >= 11 is 0. The lowest BCUT2D eigenvalue weighted by Crippen LogP contribution is -2.34. The Labute approximate surface area is 306 Å². The number of hydrogen-bond donors (Lipinski definition) is 0. The van der Waals surface area contributed by atoms with Crippen molar-refractivity contribution in [3.8, 4) is 33.7 Å². The van der Waals surface area contributed by atoms with Crippen molar-refractivity contribution in [1.82, 2.24) is 4.57 Å². The van der Waals surface area contributed by atoms with E-state index < -0.39 is 0 Å². The number of fused-ring (bicyclic) bond motifs is 7. The molecule has 2 unspecified atom stereocenters. The van der Waals surface area contributed by atoms with Crippen LogP contribution < -0.4 is 20.1 Å². The number of rotatable bonds is 4. The van der Waals surface area contributed by atoms with Crippen LogP contribution in [0.15, 0.2) is 170 Å². The number of ether oxygens (including phenoxy) is 1. The van der Waals surface area contributed by atoms with E-state index >= 15 is 0 Å². The fourth-order valence-corrected chi connectivity index (χ4v) is 9.35. The second-order valence-electron chi connectivity index (χ2n) is 14.4. The van der Waals surface area contributed by atoms with Crippen LogP contribution in [0.5, 0.6) is 5.75 Å². The minimum absolute atomic E-state index is 0.000694. The summed E-state index contributed by atoms with van der Waals surface area (Å²) in [4.78, 5) is 2.38. The van der Waals surface area contributed by atoms with Crippen molar-refractivity contribution in [3.05, 3.63) is 186 Å². The number of hydrogen-bond acceptors (Lipinski definition) is 2. The van der Waals surface area contributed by atoms with Crippen LogP contribution in [0.1, 0.15) is 11.5 Å². The lowest BCUT2D eigenvalue weighted by Gasteiger charge is -2.27. The predicted molar refractivity (Wildman–Crippen MR) is 219 cm³/mol. The molecule has 53 heavy (non-hydrogen) atoms. The lowest BCUT2D eigenvalue weighted by atomic mass is 9.89. The monoisotopic (exact) mass is 676 g/mol. The van der Waals surface area contributed by atoms with E-state index in [9.17, 15) is 0 Å². The third kappa shape index (κ3) is 4.10. The summed E-state index contributed by atoms with van der Waals surface area (Å²) < 4.78 is 9.00. The number of anilines is 3. The lowest BCUT2D eigenvalue weighted by molar-refractivity contribution is 0.288. The molecule has 3 heteroatoms. The highest BCUT2D eigenvalue weighted by Gasteiger charge is 2.34. The minimum atomic E-state index is -0.000694. The largest absolute Gasteiger partial charge is 0.485 e. The van der Waals surface area contributed by atoms with Gasteiger partial charge in [0.15, 0.2) is 0 Å². The molecule has 0 amide bonds. The molecule has 0 N–H and O–H groups in total. The highest BCUT2D eigenvalue weighted by molar-refractivity contribution is 6.30. The number of aromatic nitrogens is 1. The Kier molecular flexibility index (Phi) is 5.89. The van der Waals surface area contributed by atoms with E-state index in [1.54, 1.807) is 0 Å². The first-order chi connectivity index (χ1) is 26.3. The molecule has 2 atom stereocenters. The third-order valence-electron chi connectivity index (χ3n) is 11.6. The molecule has 0 radical (unpaired) electrons. The van der Waals surface area contributed by atoms with Gasteiger partial charge in [-0.2, -0.15) is 0 Å². The van der Waals surface area contributed by atoms with Gasteiger partial charge in [0.05, 0.1) is 11.0 Å². The highest BCUT2D eigenvalue weighted by atomic mass is 16.5. The zero-order chi connectivity index (χ0) is 34.6. The van der Waals surface area contributed by atoms with Gasteiger partial charge in [-0.3, -0.25) is 0 Å². The zero-order valence-corrected chi connectivity index (χ0v) is 28.8. The van der Waals surface area contributed by atoms with Crippen LogP contribution in [0, 0.1) is 0 Å². The molecule has 3 aliphatic rings. The maximum atomic E-state index is 6.53. The number of para-hydroxylation sites is 1. The predicted octanol–water partition coefficient (Wildman–Crippen LogP) is 11.2. The maximum absolute atomic E-state index is 6.53. The van der Waals surface area contributed by atoms with Gasteiger partial charge in [-0.25, -0.2) is 0 Å². The van der Waals surface area contributed by atoms with Crippen LogP contribution in [0.25, 0.3) is 72.7 Å². The first-order valence-corrected chi connectivity index (χ1v) is 18.4. The van der Waals surface area contributed by atoms with E-state index in [0.29, 0.717) is 0 Å². The topological polar surface area (TPSA) is 17.4 Å². The number of nitrogens with zero attached hydrogens (tertiary/aromatic N) is 2. The van der Waals surface area contributed by atoms with Crippen LogP contribution in [-0.2, 0) is 0 Å². The van der Waals surface area contributed by atoms with Crippen molar-refractivity contribution >= 4 is 61.8 Å². The van der Waals surface area contributed by atoms with Crippen molar-refractivity contribution in [3.63, 3.8) is 0 Å². The Morgan fingerprint density at radius 2 is 1.11 bits per heavy atom. The third-order valence-corrected chi connectivity index (χ3v) is 11.6. The minimum Gasteiger partial charge on any atom is -0.485 e. The van der Waals surface area contributed by atoms with E-state index in [0.717, 1.165) is 28.5 Å². The summed E-state index contributed by atoms with van der Waals surface area (Å²) in [5.74, 6) is 1.13. The van der Waals surface area contributed by atoms with Crippen molar-refractivity contribution in [2.75, 3.05) is 4.90 Å². The van der Waals surface area contributed by atoms with Crippen LogP contribution in [0.4, 0.5) is 17.1 Å². The average molecular weight is 677 g/mol. The van der Waals surface area contributed by atoms with Gasteiger partial charge in [-0.1, -0.05) is 115 Å². The van der Waals surface area contributed by atoms with Crippen molar-refractivity contribution in [1.29, 1.82) is 0 Å². The molecule has 2 aliphatic carbocycles. The molecule has 12 rings (SSSR count). The molecule has 2 heterocycles. The van der Waals surface area contributed by atoms with E-state index in [-0.39, 0.29) is 12.0 Å². The molecule has 0 fully saturated rings. The average Bonchev–Trinajstić information content (AvgIpc) is 3.71. The molecule has 1 aliphatic heterocycles. The fraction of sp³-hybridized carbons (Fsp3) is 0.0400. The van der Waals surface area contributed by atoms with E-state index in [1.165, 1.54) is 70.8 Å². The standard InChI is InChI=1S/C50H32N2O/c1-2-14-34(15-3-1)51(37-24-26-46-43(30-37)42-27-32-11-4-5-12-33(32)28-47(42)53-46)35-16-9-17-36(29-35)52-44-22-10-21-41-39-19-7-6-18-38(39)40-20-8-13-31-23-25-45(52)50(48(31)40)49(41)44/h1-30,42,47H. The molecule has 0 bridgehead atoms. The first kappa shape index (κ1) is 28.8. The molecule has 0 spiro atoms. The second kappa shape index (κ2) is 10.8. The molecular weight excluding hydrogens is 645 g/mol. The second-order valence-corrected chi connectivity index (χ2v) is 14.4. The Morgan fingerprint density at radius 1 is 0.453 bits per heavy atom. The van der Waals surface area contributed by atoms with Crippen molar-refractivity contribution in [2.24, 2.45) is 0 Å². The Balaban J connectivity index is 1.07. The van der Waals surface area contributed by atoms with Crippen LogP contribution in [-0.4, -0.2) is 10.7 Å². The summed E-state index contributed by atoms with van der Waals surface area (Å²) in [7, 11) is 0. The number of benzene rings is 8. The van der Waals surface area contributed by atoms with Gasteiger partial charge in [0.1, 0.15) is 11.9 Å². The molecule has 0 saturated heterocycles. The van der Waals surface area contributed by atoms with Gasteiger partial charge in [-0.05, 0) is 110 Å². The van der Waals surface area contributed by atoms with Crippen LogP contribution >= 0.6 is 0 Å². The molecule has 0 saturated carbocycles.